The third kappa shape index (κ3) is 3.91. The molecule has 1 aromatic rings. The Kier molecular flexibility index (Phi) is 6.57. The lowest BCUT2D eigenvalue weighted by molar-refractivity contribution is 0.0947. The van der Waals surface area contributed by atoms with Crippen molar-refractivity contribution in [2.75, 3.05) is 26.1 Å². The minimum absolute atomic E-state index is 0.168. The molecule has 0 atom stereocenters. The minimum atomic E-state index is -0.168. The predicted molar refractivity (Wildman–Crippen MR) is 74.9 cm³/mol. The monoisotopic (exact) mass is 315 g/mol. The standard InChI is InChI=1S/C13H18BrNO3/c1-17-10-6-5-7-11(18-2)12(10)13(16)15-9-4-3-8-14/h5-7H,3-4,8-9H2,1-2H3,(H,15,16). The van der Waals surface area contributed by atoms with Crippen molar-refractivity contribution in [1.82, 2.24) is 5.32 Å². The fourth-order valence-corrected chi connectivity index (χ4v) is 1.98. The zero-order chi connectivity index (χ0) is 13.4. The molecule has 0 aliphatic carbocycles. The van der Waals surface area contributed by atoms with Crippen LogP contribution in [0.15, 0.2) is 18.2 Å². The lowest BCUT2D eigenvalue weighted by Crippen LogP contribution is -2.25. The molecular weight excluding hydrogens is 298 g/mol. The first-order valence-electron chi connectivity index (χ1n) is 5.79. The molecule has 0 heterocycles. The number of ether oxygens (including phenoxy) is 2. The van der Waals surface area contributed by atoms with E-state index >= 15 is 0 Å². The van der Waals surface area contributed by atoms with Gasteiger partial charge in [-0.25, -0.2) is 0 Å². The van der Waals surface area contributed by atoms with Crippen molar-refractivity contribution in [3.63, 3.8) is 0 Å². The van der Waals surface area contributed by atoms with Gasteiger partial charge in [0, 0.05) is 11.9 Å². The number of rotatable bonds is 7. The van der Waals surface area contributed by atoms with Crippen molar-refractivity contribution >= 4 is 21.8 Å². The summed E-state index contributed by atoms with van der Waals surface area (Å²) in [6, 6.07) is 5.28. The smallest absolute Gasteiger partial charge is 0.258 e. The Hall–Kier alpha value is -1.23. The van der Waals surface area contributed by atoms with Gasteiger partial charge >= 0.3 is 0 Å². The van der Waals surface area contributed by atoms with Crippen molar-refractivity contribution < 1.29 is 14.3 Å². The Morgan fingerprint density at radius 3 is 2.33 bits per heavy atom. The second-order valence-electron chi connectivity index (χ2n) is 3.69. The third-order valence-electron chi connectivity index (χ3n) is 2.50. The van der Waals surface area contributed by atoms with E-state index in [-0.39, 0.29) is 5.91 Å². The maximum Gasteiger partial charge on any atom is 0.258 e. The van der Waals surface area contributed by atoms with E-state index in [9.17, 15) is 4.79 Å². The molecule has 0 spiro atoms. The Labute approximate surface area is 116 Å². The summed E-state index contributed by atoms with van der Waals surface area (Å²) in [5.74, 6) is 0.874. The molecule has 5 heteroatoms. The van der Waals surface area contributed by atoms with Crippen LogP contribution >= 0.6 is 15.9 Å². The Morgan fingerprint density at radius 1 is 1.22 bits per heavy atom. The number of hydrogen-bond acceptors (Lipinski definition) is 3. The zero-order valence-corrected chi connectivity index (χ0v) is 12.2. The van der Waals surface area contributed by atoms with Crippen LogP contribution in [0, 0.1) is 0 Å². The Morgan fingerprint density at radius 2 is 1.83 bits per heavy atom. The minimum Gasteiger partial charge on any atom is -0.496 e. The lowest BCUT2D eigenvalue weighted by atomic mass is 10.1. The van der Waals surface area contributed by atoms with Gasteiger partial charge in [0.1, 0.15) is 17.1 Å². The fourth-order valence-electron chi connectivity index (χ4n) is 1.58. The predicted octanol–water partition coefficient (Wildman–Crippen LogP) is 2.61. The fraction of sp³-hybridized carbons (Fsp3) is 0.462. The summed E-state index contributed by atoms with van der Waals surface area (Å²) in [5, 5.41) is 3.81. The van der Waals surface area contributed by atoms with Gasteiger partial charge in [-0.3, -0.25) is 4.79 Å². The van der Waals surface area contributed by atoms with Crippen LogP contribution in [0.3, 0.4) is 0 Å². The molecule has 0 fully saturated rings. The molecular formula is C13H18BrNO3. The van der Waals surface area contributed by atoms with E-state index in [2.05, 4.69) is 21.2 Å². The molecule has 18 heavy (non-hydrogen) atoms. The Bertz CT molecular complexity index is 374. The molecule has 1 N–H and O–H groups in total. The Balaban J connectivity index is 2.76. The molecule has 4 nitrogen and oxygen atoms in total. The number of carbonyl (C=O) groups is 1. The van der Waals surface area contributed by atoms with Crippen molar-refractivity contribution in [2.24, 2.45) is 0 Å². The summed E-state index contributed by atoms with van der Waals surface area (Å²) in [7, 11) is 3.08. The highest BCUT2D eigenvalue weighted by molar-refractivity contribution is 9.09. The van der Waals surface area contributed by atoms with Crippen molar-refractivity contribution in [1.29, 1.82) is 0 Å². The molecule has 1 rings (SSSR count). The van der Waals surface area contributed by atoms with Gasteiger partial charge in [-0.15, -0.1) is 0 Å². The molecule has 0 saturated carbocycles. The van der Waals surface area contributed by atoms with E-state index in [1.807, 2.05) is 0 Å². The van der Waals surface area contributed by atoms with E-state index in [0.29, 0.717) is 23.6 Å². The van der Waals surface area contributed by atoms with E-state index in [1.165, 1.54) is 14.2 Å². The summed E-state index contributed by atoms with van der Waals surface area (Å²) in [5.41, 5.74) is 0.446. The van der Waals surface area contributed by atoms with Crippen LogP contribution in [-0.4, -0.2) is 32.0 Å². The van der Waals surface area contributed by atoms with Crippen LogP contribution in [0.5, 0.6) is 11.5 Å². The van der Waals surface area contributed by atoms with E-state index < -0.39 is 0 Å². The number of amides is 1. The van der Waals surface area contributed by atoms with Crippen LogP contribution in [0.1, 0.15) is 23.2 Å². The van der Waals surface area contributed by atoms with Gasteiger partial charge in [0.2, 0.25) is 0 Å². The number of alkyl halides is 1. The highest BCUT2D eigenvalue weighted by Crippen LogP contribution is 2.27. The maximum absolute atomic E-state index is 12.1. The summed E-state index contributed by atoms with van der Waals surface area (Å²) >= 11 is 3.35. The van der Waals surface area contributed by atoms with E-state index in [0.717, 1.165) is 18.2 Å². The second-order valence-corrected chi connectivity index (χ2v) is 4.48. The summed E-state index contributed by atoms with van der Waals surface area (Å²) in [4.78, 5) is 12.1. The number of carbonyl (C=O) groups excluding carboxylic acids is 1. The first-order chi connectivity index (χ1) is 8.74. The van der Waals surface area contributed by atoms with Gasteiger partial charge in [-0.2, -0.15) is 0 Å². The average molecular weight is 316 g/mol. The normalized spacial score (nSPS) is 9.94. The van der Waals surface area contributed by atoms with Crippen molar-refractivity contribution in [3.8, 4) is 11.5 Å². The topological polar surface area (TPSA) is 47.6 Å². The molecule has 0 aliphatic heterocycles. The van der Waals surface area contributed by atoms with Gasteiger partial charge in [0.05, 0.1) is 14.2 Å². The quantitative estimate of drug-likeness (QED) is 0.621. The average Bonchev–Trinajstić information content (AvgIpc) is 2.42. The summed E-state index contributed by atoms with van der Waals surface area (Å²) < 4.78 is 10.4. The highest BCUT2D eigenvalue weighted by Gasteiger charge is 2.17. The summed E-state index contributed by atoms with van der Waals surface area (Å²) in [6.45, 7) is 0.644. The molecule has 0 saturated heterocycles. The van der Waals surface area contributed by atoms with Gasteiger partial charge in [-0.1, -0.05) is 22.0 Å². The maximum atomic E-state index is 12.1. The highest BCUT2D eigenvalue weighted by atomic mass is 79.9. The zero-order valence-electron chi connectivity index (χ0n) is 10.7. The van der Waals surface area contributed by atoms with E-state index in [1.54, 1.807) is 18.2 Å². The molecule has 0 bridgehead atoms. The molecule has 1 aromatic carbocycles. The number of unbranched alkanes of at least 4 members (excludes halogenated alkanes) is 1. The van der Waals surface area contributed by atoms with Crippen LogP contribution in [0.2, 0.25) is 0 Å². The number of halogens is 1. The van der Waals surface area contributed by atoms with E-state index in [4.69, 9.17) is 9.47 Å². The lowest BCUT2D eigenvalue weighted by Gasteiger charge is -2.12. The third-order valence-corrected chi connectivity index (χ3v) is 3.06. The first-order valence-corrected chi connectivity index (χ1v) is 6.92. The first kappa shape index (κ1) is 14.8. The molecule has 100 valence electrons. The molecule has 0 radical (unpaired) electrons. The number of hydrogen-bond donors (Lipinski definition) is 1. The van der Waals surface area contributed by atoms with Gasteiger partial charge in [-0.05, 0) is 25.0 Å². The van der Waals surface area contributed by atoms with Crippen LogP contribution < -0.4 is 14.8 Å². The van der Waals surface area contributed by atoms with Crippen molar-refractivity contribution in [2.45, 2.75) is 12.8 Å². The molecule has 0 aromatic heterocycles. The summed E-state index contributed by atoms with van der Waals surface area (Å²) in [6.07, 6.45) is 1.97. The van der Waals surface area contributed by atoms with Crippen LogP contribution in [0.4, 0.5) is 0 Å². The number of benzene rings is 1. The molecule has 0 unspecified atom stereocenters. The van der Waals surface area contributed by atoms with Crippen molar-refractivity contribution in [3.05, 3.63) is 23.8 Å². The molecule has 0 aliphatic rings. The largest absolute Gasteiger partial charge is 0.496 e. The number of methoxy groups -OCH3 is 2. The van der Waals surface area contributed by atoms with Crippen LogP contribution in [-0.2, 0) is 0 Å². The second kappa shape index (κ2) is 7.97. The van der Waals surface area contributed by atoms with Crippen LogP contribution in [0.25, 0.3) is 0 Å². The van der Waals surface area contributed by atoms with Gasteiger partial charge < -0.3 is 14.8 Å². The van der Waals surface area contributed by atoms with Gasteiger partial charge in [0.25, 0.3) is 5.91 Å². The molecule has 1 amide bonds. The van der Waals surface area contributed by atoms with Gasteiger partial charge in [0.15, 0.2) is 0 Å². The SMILES string of the molecule is COc1cccc(OC)c1C(=O)NCCCCBr. The number of nitrogens with one attached hydrogen (secondary N) is 1.